The molecule has 1 rings (SSSR count). The summed E-state index contributed by atoms with van der Waals surface area (Å²) in [6.07, 6.45) is 6.06. The van der Waals surface area contributed by atoms with Gasteiger partial charge in [-0.2, -0.15) is 0 Å². The van der Waals surface area contributed by atoms with E-state index in [0.717, 1.165) is 6.54 Å². The van der Waals surface area contributed by atoms with Crippen LogP contribution < -0.4 is 28.5 Å². The lowest BCUT2D eigenvalue weighted by molar-refractivity contribution is -0.697. The third-order valence-corrected chi connectivity index (χ3v) is 2.49. The molecule has 20 heavy (non-hydrogen) atoms. The van der Waals surface area contributed by atoms with Gasteiger partial charge in [0.15, 0.2) is 0 Å². The zero-order valence-corrected chi connectivity index (χ0v) is 14.5. The number of aromatic nitrogens is 2. The summed E-state index contributed by atoms with van der Waals surface area (Å²) in [6, 6.07) is 0. The Bertz CT molecular complexity index is 323. The lowest BCUT2D eigenvalue weighted by Crippen LogP contribution is -3.00. The molecule has 0 aromatic carbocycles. The lowest BCUT2D eigenvalue weighted by atomic mass is 10.6. The number of rotatable bonds is 12. The second-order valence-corrected chi connectivity index (χ2v) is 4.15. The standard InChI is InChI=1S/C13H25N2O4.HI/c1-14-3-4-15(13-14)5-6-17-9-10-19-12-11-18-8-7-16-2;/h3-4,13H,5-12H2,1-2H3;1H/q+1;/p-1. The van der Waals surface area contributed by atoms with Gasteiger partial charge in [0.25, 0.3) is 0 Å². The SMILES string of the molecule is COCCOCCOCCOCC[n+]1ccn(C)c1.[I-]. The van der Waals surface area contributed by atoms with Gasteiger partial charge in [-0.05, 0) is 0 Å². The van der Waals surface area contributed by atoms with E-state index < -0.39 is 0 Å². The van der Waals surface area contributed by atoms with Crippen LogP contribution in [0, 0.1) is 0 Å². The molecular weight excluding hydrogens is 375 g/mol. The zero-order valence-electron chi connectivity index (χ0n) is 12.3. The first-order valence-electron chi connectivity index (χ1n) is 6.56. The van der Waals surface area contributed by atoms with Crippen molar-refractivity contribution < 1.29 is 47.5 Å². The van der Waals surface area contributed by atoms with Gasteiger partial charge in [-0.3, -0.25) is 0 Å². The molecule has 0 fully saturated rings. The molecule has 1 heterocycles. The maximum atomic E-state index is 5.48. The van der Waals surface area contributed by atoms with E-state index >= 15 is 0 Å². The van der Waals surface area contributed by atoms with Crippen molar-refractivity contribution in [3.63, 3.8) is 0 Å². The number of nitrogens with zero attached hydrogens (tertiary/aromatic N) is 2. The van der Waals surface area contributed by atoms with Crippen molar-refractivity contribution in [3.8, 4) is 0 Å². The first-order valence-corrected chi connectivity index (χ1v) is 6.56. The van der Waals surface area contributed by atoms with Crippen LogP contribution in [0.5, 0.6) is 0 Å². The molecule has 1 aromatic heterocycles. The number of halogens is 1. The number of hydrogen-bond donors (Lipinski definition) is 0. The van der Waals surface area contributed by atoms with E-state index in [-0.39, 0.29) is 24.0 Å². The monoisotopic (exact) mass is 400 g/mol. The maximum Gasteiger partial charge on any atom is 0.243 e. The van der Waals surface area contributed by atoms with Gasteiger partial charge in [-0.15, -0.1) is 0 Å². The minimum Gasteiger partial charge on any atom is -1.00 e. The maximum absolute atomic E-state index is 5.48. The Morgan fingerprint density at radius 1 is 0.900 bits per heavy atom. The van der Waals surface area contributed by atoms with Crippen LogP contribution in [0.4, 0.5) is 0 Å². The molecular formula is C13H25IN2O4. The third kappa shape index (κ3) is 10.6. The highest BCUT2D eigenvalue weighted by Gasteiger charge is 1.99. The van der Waals surface area contributed by atoms with E-state index in [2.05, 4.69) is 4.57 Å². The quantitative estimate of drug-likeness (QED) is 0.213. The van der Waals surface area contributed by atoms with E-state index in [0.29, 0.717) is 46.2 Å². The van der Waals surface area contributed by atoms with Gasteiger partial charge < -0.3 is 42.9 Å². The van der Waals surface area contributed by atoms with Crippen LogP contribution in [-0.2, 0) is 32.5 Å². The number of methoxy groups -OCH3 is 1. The highest BCUT2D eigenvalue weighted by Crippen LogP contribution is 1.83. The number of hydrogen-bond acceptors (Lipinski definition) is 4. The largest absolute Gasteiger partial charge is 1.00 e. The first-order chi connectivity index (χ1) is 9.33. The molecule has 1 aromatic rings. The smallest absolute Gasteiger partial charge is 0.243 e. The Balaban J connectivity index is 0.00000361. The average molecular weight is 400 g/mol. The predicted molar refractivity (Wildman–Crippen MR) is 69.9 cm³/mol. The van der Waals surface area contributed by atoms with Crippen LogP contribution in [0.2, 0.25) is 0 Å². The summed E-state index contributed by atoms with van der Waals surface area (Å²) in [7, 11) is 3.66. The number of aryl methyl sites for hydroxylation is 1. The molecule has 0 aliphatic rings. The van der Waals surface area contributed by atoms with E-state index in [1.807, 2.05) is 30.3 Å². The highest BCUT2D eigenvalue weighted by molar-refractivity contribution is 4.61. The second kappa shape index (κ2) is 13.7. The van der Waals surface area contributed by atoms with Crippen LogP contribution in [0.1, 0.15) is 0 Å². The molecule has 6 nitrogen and oxygen atoms in total. The van der Waals surface area contributed by atoms with Crippen molar-refractivity contribution in [3.05, 3.63) is 18.7 Å². The average Bonchev–Trinajstić information content (AvgIpc) is 2.82. The lowest BCUT2D eigenvalue weighted by Gasteiger charge is -2.06. The molecule has 0 aliphatic carbocycles. The summed E-state index contributed by atoms with van der Waals surface area (Å²) in [6.45, 7) is 5.22. The van der Waals surface area contributed by atoms with Crippen molar-refractivity contribution >= 4 is 0 Å². The fourth-order valence-electron chi connectivity index (χ4n) is 1.49. The van der Waals surface area contributed by atoms with Gasteiger partial charge in [-0.25, -0.2) is 9.13 Å². The van der Waals surface area contributed by atoms with Crippen molar-refractivity contribution in [2.75, 3.05) is 53.4 Å². The van der Waals surface area contributed by atoms with Gasteiger partial charge in [0.05, 0.1) is 53.3 Å². The number of ether oxygens (including phenoxy) is 4. The van der Waals surface area contributed by atoms with Crippen molar-refractivity contribution in [2.45, 2.75) is 6.54 Å². The number of imidazole rings is 1. The summed E-state index contributed by atoms with van der Waals surface area (Å²) in [5.41, 5.74) is 0. The summed E-state index contributed by atoms with van der Waals surface area (Å²) in [5, 5.41) is 0. The van der Waals surface area contributed by atoms with Gasteiger partial charge >= 0.3 is 0 Å². The van der Waals surface area contributed by atoms with Crippen LogP contribution in [0.15, 0.2) is 18.7 Å². The molecule has 7 heteroatoms. The summed E-state index contributed by atoms with van der Waals surface area (Å²) < 4.78 is 25.1. The zero-order chi connectivity index (χ0) is 13.8. The van der Waals surface area contributed by atoms with E-state index in [4.69, 9.17) is 18.9 Å². The highest BCUT2D eigenvalue weighted by atomic mass is 127. The molecule has 0 N–H and O–H groups in total. The Kier molecular flexibility index (Phi) is 13.6. The molecule has 0 unspecified atom stereocenters. The van der Waals surface area contributed by atoms with Crippen LogP contribution in [0.25, 0.3) is 0 Å². The molecule has 0 spiro atoms. The molecule has 0 bridgehead atoms. The molecule has 0 aliphatic heterocycles. The third-order valence-electron chi connectivity index (χ3n) is 2.49. The van der Waals surface area contributed by atoms with Crippen molar-refractivity contribution in [1.29, 1.82) is 0 Å². The topological polar surface area (TPSA) is 45.7 Å². The van der Waals surface area contributed by atoms with Gasteiger partial charge in [0.2, 0.25) is 6.33 Å². The fourth-order valence-corrected chi connectivity index (χ4v) is 1.49. The minimum absolute atomic E-state index is 0. The van der Waals surface area contributed by atoms with E-state index in [1.165, 1.54) is 0 Å². The molecule has 0 amide bonds. The summed E-state index contributed by atoms with van der Waals surface area (Å²) in [4.78, 5) is 0. The fraction of sp³-hybridized carbons (Fsp3) is 0.769. The van der Waals surface area contributed by atoms with E-state index in [1.54, 1.807) is 7.11 Å². The minimum atomic E-state index is 0. The molecule has 0 radical (unpaired) electrons. The Labute approximate surface area is 138 Å². The van der Waals surface area contributed by atoms with Crippen LogP contribution in [0.3, 0.4) is 0 Å². The second-order valence-electron chi connectivity index (χ2n) is 4.15. The molecule has 0 saturated heterocycles. The van der Waals surface area contributed by atoms with Crippen LogP contribution >= 0.6 is 0 Å². The van der Waals surface area contributed by atoms with Crippen molar-refractivity contribution in [1.82, 2.24) is 4.57 Å². The molecule has 118 valence electrons. The van der Waals surface area contributed by atoms with Crippen molar-refractivity contribution in [2.24, 2.45) is 7.05 Å². The Morgan fingerprint density at radius 2 is 1.45 bits per heavy atom. The van der Waals surface area contributed by atoms with Gasteiger partial charge in [-0.1, -0.05) is 0 Å². The van der Waals surface area contributed by atoms with Gasteiger partial charge in [0.1, 0.15) is 18.9 Å². The van der Waals surface area contributed by atoms with Gasteiger partial charge in [0, 0.05) is 7.11 Å². The molecule has 0 saturated carbocycles. The Morgan fingerprint density at radius 3 is 1.95 bits per heavy atom. The molecule has 0 atom stereocenters. The van der Waals surface area contributed by atoms with Crippen LogP contribution in [-0.4, -0.2) is 57.9 Å². The summed E-state index contributed by atoms with van der Waals surface area (Å²) in [5.74, 6) is 0. The normalized spacial score (nSPS) is 10.5. The predicted octanol–water partition coefficient (Wildman–Crippen LogP) is -2.99. The van der Waals surface area contributed by atoms with E-state index in [9.17, 15) is 0 Å². The Hall–Kier alpha value is -0.220. The first kappa shape index (κ1) is 19.8. The summed E-state index contributed by atoms with van der Waals surface area (Å²) >= 11 is 0.